The summed E-state index contributed by atoms with van der Waals surface area (Å²) in [5.74, 6) is 0. The molecular weight excluding hydrogens is 218 g/mol. The number of primary amides is 1. The number of carbonyl (C=O) groups is 1. The van der Waals surface area contributed by atoms with Crippen molar-refractivity contribution in [2.24, 2.45) is 12.8 Å². The van der Waals surface area contributed by atoms with Gasteiger partial charge in [0.05, 0.1) is 0 Å². The van der Waals surface area contributed by atoms with E-state index in [0.29, 0.717) is 25.3 Å². The number of aromatic nitrogens is 1. The highest BCUT2D eigenvalue weighted by atomic mass is 16.2. The Balaban J connectivity index is 2.42. The maximum Gasteiger partial charge on any atom is 0.312 e. The summed E-state index contributed by atoms with van der Waals surface area (Å²) in [7, 11) is 1.87. The quantitative estimate of drug-likeness (QED) is 0.625. The molecule has 4 N–H and O–H groups in total. The molecule has 0 aliphatic rings. The Bertz CT molecular complexity index is 443. The molecule has 92 valence electrons. The predicted octanol–water partition coefficient (Wildman–Crippen LogP) is -0.0369. The summed E-state index contributed by atoms with van der Waals surface area (Å²) in [6, 6.07) is 3.48. The fourth-order valence-electron chi connectivity index (χ4n) is 1.55. The van der Waals surface area contributed by atoms with Gasteiger partial charge < -0.3 is 20.9 Å². The third-order valence-electron chi connectivity index (χ3n) is 2.67. The van der Waals surface area contributed by atoms with E-state index in [1.165, 1.54) is 0 Å². The summed E-state index contributed by atoms with van der Waals surface area (Å²) < 4.78 is 1.86. The van der Waals surface area contributed by atoms with Crippen molar-refractivity contribution < 1.29 is 4.79 Å². The van der Waals surface area contributed by atoms with Crippen LogP contribution in [-0.4, -0.2) is 23.7 Å². The number of amides is 2. The Morgan fingerprint density at radius 3 is 2.82 bits per heavy atom. The van der Waals surface area contributed by atoms with Crippen LogP contribution in [0, 0.1) is 18.3 Å². The Morgan fingerprint density at radius 1 is 1.59 bits per heavy atom. The minimum atomic E-state index is -0.519. The molecular formula is C11H17N5O. The van der Waals surface area contributed by atoms with Gasteiger partial charge in [0.2, 0.25) is 0 Å². The lowest BCUT2D eigenvalue weighted by atomic mass is 10.2. The zero-order chi connectivity index (χ0) is 12.8. The Kier molecular flexibility index (Phi) is 4.55. The fraction of sp³-hybridized carbons (Fsp3) is 0.455. The van der Waals surface area contributed by atoms with E-state index in [1.54, 1.807) is 0 Å². The number of nitrogens with one attached hydrogen (secondary N) is 2. The predicted molar refractivity (Wildman–Crippen MR) is 64.2 cm³/mol. The summed E-state index contributed by atoms with van der Waals surface area (Å²) in [4.78, 5) is 10.4. The fourth-order valence-corrected chi connectivity index (χ4v) is 1.55. The van der Waals surface area contributed by atoms with Gasteiger partial charge >= 0.3 is 6.03 Å². The number of rotatable bonds is 5. The second-order valence-corrected chi connectivity index (χ2v) is 3.78. The normalized spacial score (nSPS) is 9.94. The molecule has 0 bridgehead atoms. The molecule has 0 saturated carbocycles. The molecule has 1 aromatic rings. The molecule has 0 unspecified atom stereocenters. The topological polar surface area (TPSA) is 95.9 Å². The second kappa shape index (κ2) is 5.92. The van der Waals surface area contributed by atoms with E-state index in [0.717, 1.165) is 11.3 Å². The summed E-state index contributed by atoms with van der Waals surface area (Å²) >= 11 is 0. The average Bonchev–Trinajstić information content (AvgIpc) is 2.56. The molecule has 0 spiro atoms. The zero-order valence-electron chi connectivity index (χ0n) is 10.1. The van der Waals surface area contributed by atoms with Crippen molar-refractivity contribution in [3.05, 3.63) is 23.0 Å². The summed E-state index contributed by atoms with van der Waals surface area (Å²) in [6.45, 7) is 3.77. The summed E-state index contributed by atoms with van der Waals surface area (Å²) in [5, 5.41) is 14.5. The molecule has 0 fully saturated rings. The molecule has 17 heavy (non-hydrogen) atoms. The molecule has 0 radical (unpaired) electrons. The van der Waals surface area contributed by atoms with Gasteiger partial charge in [-0.15, -0.1) is 0 Å². The lowest BCUT2D eigenvalue weighted by molar-refractivity contribution is 0.249. The molecule has 0 atom stereocenters. The first-order valence-corrected chi connectivity index (χ1v) is 5.35. The van der Waals surface area contributed by atoms with E-state index < -0.39 is 6.03 Å². The van der Waals surface area contributed by atoms with Gasteiger partial charge in [-0.05, 0) is 18.6 Å². The van der Waals surface area contributed by atoms with Crippen LogP contribution in [0.2, 0.25) is 0 Å². The summed E-state index contributed by atoms with van der Waals surface area (Å²) in [5.41, 5.74) is 7.73. The minimum Gasteiger partial charge on any atom is -0.352 e. The van der Waals surface area contributed by atoms with E-state index in [4.69, 9.17) is 11.0 Å². The van der Waals surface area contributed by atoms with Crippen LogP contribution in [0.1, 0.15) is 17.0 Å². The molecule has 1 aromatic heterocycles. The van der Waals surface area contributed by atoms with Crippen LogP contribution in [0.3, 0.4) is 0 Å². The SMILES string of the molecule is Cc1c(CNCCNC(N)=O)cc(C#N)n1C. The van der Waals surface area contributed by atoms with Crippen molar-refractivity contribution >= 4 is 6.03 Å². The molecule has 0 saturated heterocycles. The molecule has 0 aliphatic heterocycles. The molecule has 2 amide bonds. The molecule has 1 heterocycles. The Hall–Kier alpha value is -2.00. The second-order valence-electron chi connectivity index (χ2n) is 3.78. The van der Waals surface area contributed by atoms with Crippen LogP contribution in [-0.2, 0) is 13.6 Å². The van der Waals surface area contributed by atoms with Crippen LogP contribution < -0.4 is 16.4 Å². The van der Waals surface area contributed by atoms with E-state index in [9.17, 15) is 4.79 Å². The van der Waals surface area contributed by atoms with Gasteiger partial charge in [0.15, 0.2) is 0 Å². The van der Waals surface area contributed by atoms with Crippen LogP contribution in [0.15, 0.2) is 6.07 Å². The smallest absolute Gasteiger partial charge is 0.312 e. The maximum atomic E-state index is 10.4. The Morgan fingerprint density at radius 2 is 2.29 bits per heavy atom. The zero-order valence-corrected chi connectivity index (χ0v) is 10.1. The highest BCUT2D eigenvalue weighted by molar-refractivity contribution is 5.71. The van der Waals surface area contributed by atoms with E-state index in [1.807, 2.05) is 24.6 Å². The third-order valence-corrected chi connectivity index (χ3v) is 2.67. The lowest BCUT2D eigenvalue weighted by Crippen LogP contribution is -2.35. The molecule has 6 nitrogen and oxygen atoms in total. The number of carbonyl (C=O) groups excluding carboxylic acids is 1. The van der Waals surface area contributed by atoms with Crippen LogP contribution in [0.5, 0.6) is 0 Å². The van der Waals surface area contributed by atoms with E-state index in [2.05, 4.69) is 16.7 Å². The number of hydrogen-bond acceptors (Lipinski definition) is 3. The number of nitriles is 1. The first kappa shape index (κ1) is 13.1. The highest BCUT2D eigenvalue weighted by Gasteiger charge is 2.07. The first-order valence-electron chi connectivity index (χ1n) is 5.35. The van der Waals surface area contributed by atoms with Gasteiger partial charge in [-0.2, -0.15) is 5.26 Å². The van der Waals surface area contributed by atoms with Crippen LogP contribution >= 0.6 is 0 Å². The standard InChI is InChI=1S/C11H17N5O/c1-8-9(5-10(6-12)16(8)2)7-14-3-4-15-11(13)17/h5,14H,3-4,7H2,1-2H3,(H3,13,15,17). The van der Waals surface area contributed by atoms with Crippen molar-refractivity contribution in [3.63, 3.8) is 0 Å². The summed E-state index contributed by atoms with van der Waals surface area (Å²) in [6.07, 6.45) is 0. The minimum absolute atomic E-state index is 0.492. The maximum absolute atomic E-state index is 10.4. The lowest BCUT2D eigenvalue weighted by Gasteiger charge is -2.05. The average molecular weight is 235 g/mol. The monoisotopic (exact) mass is 235 g/mol. The van der Waals surface area contributed by atoms with E-state index >= 15 is 0 Å². The van der Waals surface area contributed by atoms with Crippen LogP contribution in [0.25, 0.3) is 0 Å². The molecule has 0 aliphatic carbocycles. The number of nitrogens with two attached hydrogens (primary N) is 1. The van der Waals surface area contributed by atoms with E-state index in [-0.39, 0.29) is 0 Å². The van der Waals surface area contributed by atoms with Gasteiger partial charge in [0.25, 0.3) is 0 Å². The van der Waals surface area contributed by atoms with Crippen molar-refractivity contribution in [1.82, 2.24) is 15.2 Å². The first-order chi connectivity index (χ1) is 8.06. The van der Waals surface area contributed by atoms with Gasteiger partial charge in [-0.25, -0.2) is 4.79 Å². The highest BCUT2D eigenvalue weighted by Crippen LogP contribution is 2.12. The van der Waals surface area contributed by atoms with Crippen molar-refractivity contribution in [1.29, 1.82) is 5.26 Å². The van der Waals surface area contributed by atoms with Gasteiger partial charge in [-0.1, -0.05) is 0 Å². The molecule has 0 aromatic carbocycles. The number of urea groups is 1. The van der Waals surface area contributed by atoms with Gasteiger partial charge in [0, 0.05) is 32.4 Å². The largest absolute Gasteiger partial charge is 0.352 e. The van der Waals surface area contributed by atoms with Crippen molar-refractivity contribution in [2.45, 2.75) is 13.5 Å². The van der Waals surface area contributed by atoms with Crippen LogP contribution in [0.4, 0.5) is 4.79 Å². The number of nitrogens with zero attached hydrogens (tertiary/aromatic N) is 2. The number of hydrogen-bond donors (Lipinski definition) is 3. The van der Waals surface area contributed by atoms with Crippen molar-refractivity contribution in [3.8, 4) is 6.07 Å². The van der Waals surface area contributed by atoms with Crippen molar-refractivity contribution in [2.75, 3.05) is 13.1 Å². The molecule has 6 heteroatoms. The van der Waals surface area contributed by atoms with Gasteiger partial charge in [-0.3, -0.25) is 0 Å². The molecule has 1 rings (SSSR count). The Labute approximate surface area is 100 Å². The van der Waals surface area contributed by atoms with Gasteiger partial charge in [0.1, 0.15) is 11.8 Å². The third kappa shape index (κ3) is 3.50.